The van der Waals surface area contributed by atoms with Gasteiger partial charge in [0.25, 0.3) is 0 Å². The second-order valence-corrected chi connectivity index (χ2v) is 5.75. The van der Waals surface area contributed by atoms with Gasteiger partial charge in [0.1, 0.15) is 0 Å². The van der Waals surface area contributed by atoms with E-state index in [0.717, 1.165) is 18.5 Å². The van der Waals surface area contributed by atoms with Crippen LogP contribution < -0.4 is 5.73 Å². The van der Waals surface area contributed by atoms with Gasteiger partial charge in [-0.2, -0.15) is 0 Å². The molecule has 0 amide bonds. The third kappa shape index (κ3) is 4.23. The zero-order chi connectivity index (χ0) is 12.1. The van der Waals surface area contributed by atoms with E-state index >= 15 is 0 Å². The van der Waals surface area contributed by atoms with Crippen LogP contribution in [0.5, 0.6) is 0 Å². The van der Waals surface area contributed by atoms with Crippen LogP contribution in [0.3, 0.4) is 0 Å². The Morgan fingerprint density at radius 3 is 2.41 bits per heavy atom. The first-order valence-corrected chi connectivity index (χ1v) is 7.50. The van der Waals surface area contributed by atoms with E-state index in [0.29, 0.717) is 0 Å². The maximum absolute atomic E-state index is 5.69. The molecule has 0 aromatic rings. The minimum Gasteiger partial charge on any atom is -0.330 e. The van der Waals surface area contributed by atoms with Crippen LogP contribution in [0.2, 0.25) is 0 Å². The molecular weight excluding hydrogens is 210 g/mol. The molecule has 2 rings (SSSR count). The van der Waals surface area contributed by atoms with Gasteiger partial charge in [-0.3, -0.25) is 4.90 Å². The summed E-state index contributed by atoms with van der Waals surface area (Å²) in [5, 5.41) is 0. The van der Waals surface area contributed by atoms with E-state index in [2.05, 4.69) is 16.7 Å². The van der Waals surface area contributed by atoms with Gasteiger partial charge in [0.2, 0.25) is 0 Å². The van der Waals surface area contributed by atoms with Gasteiger partial charge in [0.05, 0.1) is 0 Å². The Bertz CT molecular complexity index is 208. The molecule has 17 heavy (non-hydrogen) atoms. The van der Waals surface area contributed by atoms with Crippen molar-refractivity contribution in [1.82, 2.24) is 9.80 Å². The van der Waals surface area contributed by atoms with Gasteiger partial charge in [-0.05, 0) is 38.3 Å². The molecule has 1 aliphatic carbocycles. The van der Waals surface area contributed by atoms with Gasteiger partial charge in [0, 0.05) is 32.2 Å². The topological polar surface area (TPSA) is 32.5 Å². The van der Waals surface area contributed by atoms with Gasteiger partial charge in [-0.1, -0.05) is 19.8 Å². The molecule has 2 aliphatic rings. The molecule has 2 fully saturated rings. The Kier molecular flexibility index (Phi) is 5.26. The zero-order valence-electron chi connectivity index (χ0n) is 11.4. The lowest BCUT2D eigenvalue weighted by molar-refractivity contribution is 0.0896. The summed E-state index contributed by atoms with van der Waals surface area (Å²) < 4.78 is 0. The average Bonchev–Trinajstić information content (AvgIpc) is 3.18. The monoisotopic (exact) mass is 239 g/mol. The van der Waals surface area contributed by atoms with Crippen LogP contribution in [0.1, 0.15) is 39.0 Å². The SMILES string of the molecule is CCC(CCN)N1CCN(CCC2CC2)CC1. The Morgan fingerprint density at radius 1 is 1.18 bits per heavy atom. The molecule has 1 heterocycles. The first-order chi connectivity index (χ1) is 8.33. The van der Waals surface area contributed by atoms with Crippen LogP contribution in [0.25, 0.3) is 0 Å². The lowest BCUT2D eigenvalue weighted by Gasteiger charge is -2.39. The van der Waals surface area contributed by atoms with Gasteiger partial charge < -0.3 is 10.6 Å². The van der Waals surface area contributed by atoms with E-state index < -0.39 is 0 Å². The quantitative estimate of drug-likeness (QED) is 0.731. The van der Waals surface area contributed by atoms with E-state index in [-0.39, 0.29) is 0 Å². The van der Waals surface area contributed by atoms with Crippen LogP contribution >= 0.6 is 0 Å². The smallest absolute Gasteiger partial charge is 0.0113 e. The molecule has 0 aromatic heterocycles. The normalized spacial score (nSPS) is 25.1. The summed E-state index contributed by atoms with van der Waals surface area (Å²) in [7, 11) is 0. The summed E-state index contributed by atoms with van der Waals surface area (Å²) in [5.41, 5.74) is 5.69. The van der Waals surface area contributed by atoms with E-state index in [4.69, 9.17) is 5.73 Å². The highest BCUT2D eigenvalue weighted by atomic mass is 15.3. The first kappa shape index (κ1) is 13.3. The van der Waals surface area contributed by atoms with Crippen LogP contribution in [-0.2, 0) is 0 Å². The molecule has 0 radical (unpaired) electrons. The molecule has 1 unspecified atom stereocenters. The summed E-state index contributed by atoms with van der Waals surface area (Å²) in [6, 6.07) is 0.727. The number of hydrogen-bond donors (Lipinski definition) is 1. The van der Waals surface area contributed by atoms with E-state index in [1.807, 2.05) is 0 Å². The summed E-state index contributed by atoms with van der Waals surface area (Å²) >= 11 is 0. The maximum atomic E-state index is 5.69. The number of nitrogens with two attached hydrogens (primary N) is 1. The second kappa shape index (κ2) is 6.72. The molecule has 2 N–H and O–H groups in total. The van der Waals surface area contributed by atoms with Crippen molar-refractivity contribution in [2.75, 3.05) is 39.3 Å². The molecule has 3 nitrogen and oxygen atoms in total. The van der Waals surface area contributed by atoms with Crippen molar-refractivity contribution >= 4 is 0 Å². The lowest BCUT2D eigenvalue weighted by Crippen LogP contribution is -2.50. The molecule has 1 saturated heterocycles. The third-order valence-corrected chi connectivity index (χ3v) is 4.44. The van der Waals surface area contributed by atoms with Crippen molar-refractivity contribution in [3.8, 4) is 0 Å². The minimum atomic E-state index is 0.727. The van der Waals surface area contributed by atoms with Crippen LogP contribution in [0.4, 0.5) is 0 Å². The summed E-state index contributed by atoms with van der Waals surface area (Å²) in [4.78, 5) is 5.31. The van der Waals surface area contributed by atoms with Gasteiger partial charge >= 0.3 is 0 Å². The fourth-order valence-electron chi connectivity index (χ4n) is 2.96. The molecule has 0 bridgehead atoms. The van der Waals surface area contributed by atoms with Crippen molar-refractivity contribution in [2.45, 2.75) is 45.1 Å². The standard InChI is InChI=1S/C14H29N3/c1-2-14(5-7-15)17-11-9-16(10-12-17)8-6-13-3-4-13/h13-14H,2-12,15H2,1H3. The molecule has 1 atom stereocenters. The molecular formula is C14H29N3. The van der Waals surface area contributed by atoms with Crippen molar-refractivity contribution in [1.29, 1.82) is 0 Å². The van der Waals surface area contributed by atoms with E-state index in [1.54, 1.807) is 0 Å². The number of rotatable bonds is 7. The fraction of sp³-hybridized carbons (Fsp3) is 1.00. The van der Waals surface area contributed by atoms with Crippen LogP contribution in [0.15, 0.2) is 0 Å². The van der Waals surface area contributed by atoms with Crippen molar-refractivity contribution in [3.05, 3.63) is 0 Å². The zero-order valence-corrected chi connectivity index (χ0v) is 11.4. The van der Waals surface area contributed by atoms with Crippen molar-refractivity contribution in [2.24, 2.45) is 11.7 Å². The number of piperazine rings is 1. The van der Waals surface area contributed by atoms with E-state index in [9.17, 15) is 0 Å². The van der Waals surface area contributed by atoms with Crippen LogP contribution in [-0.4, -0.2) is 55.1 Å². The third-order valence-electron chi connectivity index (χ3n) is 4.44. The Labute approximate surface area is 106 Å². The van der Waals surface area contributed by atoms with Gasteiger partial charge in [0.15, 0.2) is 0 Å². The van der Waals surface area contributed by atoms with Crippen LogP contribution in [0, 0.1) is 5.92 Å². The Balaban J connectivity index is 1.64. The lowest BCUT2D eigenvalue weighted by atomic mass is 10.1. The van der Waals surface area contributed by atoms with Crippen molar-refractivity contribution < 1.29 is 0 Å². The number of nitrogens with zero attached hydrogens (tertiary/aromatic N) is 2. The molecule has 1 aliphatic heterocycles. The Hall–Kier alpha value is -0.120. The molecule has 3 heteroatoms. The highest BCUT2D eigenvalue weighted by Crippen LogP contribution is 2.32. The highest BCUT2D eigenvalue weighted by molar-refractivity contribution is 4.80. The summed E-state index contributed by atoms with van der Waals surface area (Å²) in [6.07, 6.45) is 6.85. The fourth-order valence-corrected chi connectivity index (χ4v) is 2.96. The molecule has 0 aromatic carbocycles. The summed E-state index contributed by atoms with van der Waals surface area (Å²) in [6.45, 7) is 9.51. The van der Waals surface area contributed by atoms with Gasteiger partial charge in [-0.15, -0.1) is 0 Å². The number of hydrogen-bond acceptors (Lipinski definition) is 3. The second-order valence-electron chi connectivity index (χ2n) is 5.75. The average molecular weight is 239 g/mol. The Morgan fingerprint density at radius 2 is 1.88 bits per heavy atom. The van der Waals surface area contributed by atoms with Gasteiger partial charge in [-0.25, -0.2) is 0 Å². The summed E-state index contributed by atoms with van der Waals surface area (Å²) in [5.74, 6) is 1.08. The maximum Gasteiger partial charge on any atom is 0.0113 e. The predicted molar refractivity (Wildman–Crippen MR) is 73.1 cm³/mol. The molecule has 0 spiro atoms. The largest absolute Gasteiger partial charge is 0.330 e. The molecule has 100 valence electrons. The first-order valence-electron chi connectivity index (χ1n) is 7.50. The predicted octanol–water partition coefficient (Wildman–Crippen LogP) is 1.53. The van der Waals surface area contributed by atoms with Crippen molar-refractivity contribution in [3.63, 3.8) is 0 Å². The highest BCUT2D eigenvalue weighted by Gasteiger charge is 2.25. The molecule has 1 saturated carbocycles. The van der Waals surface area contributed by atoms with E-state index in [1.165, 1.54) is 64.8 Å². The minimum absolute atomic E-state index is 0.727.